The van der Waals surface area contributed by atoms with Crippen molar-refractivity contribution in [3.63, 3.8) is 0 Å². The molecule has 0 saturated carbocycles. The third-order valence-electron chi connectivity index (χ3n) is 1.09. The molecule has 0 aromatic carbocycles. The molecular weight excluding hydrogens is 259 g/mol. The van der Waals surface area contributed by atoms with Crippen molar-refractivity contribution in [2.45, 2.75) is 0 Å². The van der Waals surface area contributed by atoms with Crippen molar-refractivity contribution in [1.82, 2.24) is 10.5 Å². The summed E-state index contributed by atoms with van der Waals surface area (Å²) >= 11 is 2.11. The van der Waals surface area contributed by atoms with Gasteiger partial charge in [-0.1, -0.05) is 0 Å². The summed E-state index contributed by atoms with van der Waals surface area (Å²) in [6.45, 7) is 0. The Bertz CT molecular complexity index is 259. The molecular formula is C6H7IN2O2. The van der Waals surface area contributed by atoms with Crippen LogP contribution in [-0.2, 0) is 4.84 Å². The topological polar surface area (TPSA) is 54.1 Å². The van der Waals surface area contributed by atoms with Gasteiger partial charge in [0.15, 0.2) is 0 Å². The molecule has 1 aromatic heterocycles. The minimum absolute atomic E-state index is 0.268. The number of hydrogen-bond acceptors (Lipinski definition) is 2. The lowest BCUT2D eigenvalue weighted by molar-refractivity contribution is 0.0533. The second kappa shape index (κ2) is 3.72. The average molecular weight is 266 g/mol. The number of hydroxylamine groups is 1. The van der Waals surface area contributed by atoms with Crippen molar-refractivity contribution in [3.8, 4) is 0 Å². The normalized spacial score (nSPS) is 9.64. The highest BCUT2D eigenvalue weighted by molar-refractivity contribution is 14.1. The largest absolute Gasteiger partial charge is 0.356 e. The molecule has 0 saturated heterocycles. The number of halogens is 1. The highest BCUT2D eigenvalue weighted by Crippen LogP contribution is 2.05. The lowest BCUT2D eigenvalue weighted by atomic mass is 10.4. The van der Waals surface area contributed by atoms with Crippen molar-refractivity contribution >= 4 is 28.5 Å². The van der Waals surface area contributed by atoms with E-state index in [2.05, 4.69) is 37.9 Å². The Hall–Kier alpha value is -0.560. The highest BCUT2D eigenvalue weighted by Gasteiger charge is 2.05. The van der Waals surface area contributed by atoms with E-state index < -0.39 is 0 Å². The minimum atomic E-state index is -0.268. The Morgan fingerprint density at radius 1 is 1.82 bits per heavy atom. The van der Waals surface area contributed by atoms with E-state index in [1.54, 1.807) is 12.3 Å². The average Bonchev–Trinajstić information content (AvgIpc) is 2.36. The van der Waals surface area contributed by atoms with Crippen LogP contribution >= 0.6 is 22.6 Å². The molecule has 1 aromatic rings. The second-order valence-corrected chi connectivity index (χ2v) is 3.11. The van der Waals surface area contributed by atoms with Crippen molar-refractivity contribution in [2.24, 2.45) is 0 Å². The van der Waals surface area contributed by atoms with Gasteiger partial charge in [0.05, 0.1) is 7.11 Å². The number of H-pyrrole nitrogens is 1. The molecule has 2 N–H and O–H groups in total. The predicted molar refractivity (Wildman–Crippen MR) is 48.0 cm³/mol. The fraction of sp³-hybridized carbons (Fsp3) is 0.167. The van der Waals surface area contributed by atoms with E-state index in [4.69, 9.17) is 0 Å². The Balaban J connectivity index is 2.69. The van der Waals surface area contributed by atoms with Gasteiger partial charge in [0, 0.05) is 9.77 Å². The number of carbonyl (C=O) groups excluding carboxylic acids is 1. The maximum atomic E-state index is 11.0. The molecule has 5 heteroatoms. The van der Waals surface area contributed by atoms with Crippen molar-refractivity contribution in [1.29, 1.82) is 0 Å². The summed E-state index contributed by atoms with van der Waals surface area (Å²) in [7, 11) is 1.39. The first kappa shape index (κ1) is 8.54. The van der Waals surface area contributed by atoms with Gasteiger partial charge in [0.1, 0.15) is 5.69 Å². The number of aromatic amines is 1. The molecule has 0 bridgehead atoms. The zero-order valence-electron chi connectivity index (χ0n) is 5.85. The molecule has 4 nitrogen and oxygen atoms in total. The van der Waals surface area contributed by atoms with Gasteiger partial charge in [-0.2, -0.15) is 0 Å². The summed E-state index contributed by atoms with van der Waals surface area (Å²) in [5.41, 5.74) is 2.70. The molecule has 60 valence electrons. The molecule has 1 heterocycles. The van der Waals surface area contributed by atoms with Crippen LogP contribution in [0, 0.1) is 3.57 Å². The molecule has 1 amide bonds. The Labute approximate surface area is 77.4 Å². The van der Waals surface area contributed by atoms with Crippen LogP contribution < -0.4 is 5.48 Å². The molecule has 0 spiro atoms. The van der Waals surface area contributed by atoms with Gasteiger partial charge in [0.2, 0.25) is 0 Å². The Kier molecular flexibility index (Phi) is 2.89. The summed E-state index contributed by atoms with van der Waals surface area (Å²) in [5.74, 6) is -0.268. The van der Waals surface area contributed by atoms with Crippen LogP contribution in [0.5, 0.6) is 0 Å². The van der Waals surface area contributed by atoms with E-state index >= 15 is 0 Å². The van der Waals surface area contributed by atoms with Gasteiger partial charge < -0.3 is 4.98 Å². The molecule has 0 aliphatic carbocycles. The first-order valence-corrected chi connectivity index (χ1v) is 3.99. The van der Waals surface area contributed by atoms with E-state index in [1.165, 1.54) is 7.11 Å². The third-order valence-corrected chi connectivity index (χ3v) is 1.71. The van der Waals surface area contributed by atoms with Crippen molar-refractivity contribution < 1.29 is 9.63 Å². The summed E-state index contributed by atoms with van der Waals surface area (Å²) in [5, 5.41) is 0. The zero-order valence-corrected chi connectivity index (χ0v) is 8.01. The van der Waals surface area contributed by atoms with Gasteiger partial charge in [-0.15, -0.1) is 0 Å². The Morgan fingerprint density at radius 2 is 2.55 bits per heavy atom. The zero-order chi connectivity index (χ0) is 8.27. The van der Waals surface area contributed by atoms with Gasteiger partial charge in [0.25, 0.3) is 5.91 Å². The minimum Gasteiger partial charge on any atom is -0.356 e. The van der Waals surface area contributed by atoms with Gasteiger partial charge >= 0.3 is 0 Å². The summed E-state index contributed by atoms with van der Waals surface area (Å²) in [4.78, 5) is 18.2. The van der Waals surface area contributed by atoms with Crippen LogP contribution in [0.1, 0.15) is 10.5 Å². The lowest BCUT2D eigenvalue weighted by Gasteiger charge is -1.96. The number of rotatable bonds is 2. The molecule has 0 fully saturated rings. The molecule has 0 radical (unpaired) electrons. The quantitative estimate of drug-likeness (QED) is 0.617. The van der Waals surface area contributed by atoms with Crippen LogP contribution in [0.4, 0.5) is 0 Å². The number of hydrogen-bond donors (Lipinski definition) is 2. The first-order chi connectivity index (χ1) is 5.24. The monoisotopic (exact) mass is 266 g/mol. The van der Waals surface area contributed by atoms with E-state index in [0.717, 1.165) is 3.57 Å². The smallest absolute Gasteiger partial charge is 0.291 e. The van der Waals surface area contributed by atoms with Crippen molar-refractivity contribution in [2.75, 3.05) is 7.11 Å². The third kappa shape index (κ3) is 2.19. The van der Waals surface area contributed by atoms with Crippen LogP contribution in [0.3, 0.4) is 0 Å². The van der Waals surface area contributed by atoms with E-state index in [-0.39, 0.29) is 5.91 Å². The fourth-order valence-corrected chi connectivity index (χ4v) is 1.11. The molecule has 0 atom stereocenters. The summed E-state index contributed by atoms with van der Waals surface area (Å²) in [6, 6.07) is 1.73. The van der Waals surface area contributed by atoms with Gasteiger partial charge in [-0.25, -0.2) is 5.48 Å². The van der Waals surface area contributed by atoms with Crippen LogP contribution in [0.25, 0.3) is 0 Å². The SMILES string of the molecule is CONC(=O)c1cc(I)c[nH]1. The number of aromatic nitrogens is 1. The molecule has 0 aliphatic rings. The summed E-state index contributed by atoms with van der Waals surface area (Å²) in [6.07, 6.45) is 1.74. The molecule has 0 aliphatic heterocycles. The van der Waals surface area contributed by atoms with Crippen LogP contribution in [-0.4, -0.2) is 18.0 Å². The first-order valence-electron chi connectivity index (χ1n) is 2.91. The van der Waals surface area contributed by atoms with Crippen LogP contribution in [0.15, 0.2) is 12.3 Å². The van der Waals surface area contributed by atoms with Gasteiger partial charge in [-0.05, 0) is 28.7 Å². The standard InChI is InChI=1S/C6H7IN2O2/c1-11-9-6(10)5-2-4(7)3-8-5/h2-3,8H,1H3,(H,9,10). The number of carbonyl (C=O) groups is 1. The predicted octanol–water partition coefficient (Wildman–Crippen LogP) is 0.911. The van der Waals surface area contributed by atoms with E-state index in [0.29, 0.717) is 5.69 Å². The molecule has 11 heavy (non-hydrogen) atoms. The fourth-order valence-electron chi connectivity index (χ4n) is 0.647. The van der Waals surface area contributed by atoms with Crippen molar-refractivity contribution in [3.05, 3.63) is 21.5 Å². The van der Waals surface area contributed by atoms with Gasteiger partial charge in [-0.3, -0.25) is 9.63 Å². The highest BCUT2D eigenvalue weighted by atomic mass is 127. The second-order valence-electron chi connectivity index (χ2n) is 1.87. The molecule has 1 rings (SSSR count). The Morgan fingerprint density at radius 3 is 3.00 bits per heavy atom. The summed E-state index contributed by atoms with van der Waals surface area (Å²) < 4.78 is 0.990. The number of amides is 1. The van der Waals surface area contributed by atoms with E-state index in [9.17, 15) is 4.79 Å². The lowest BCUT2D eigenvalue weighted by Crippen LogP contribution is -2.21. The molecule has 0 unspecified atom stereocenters. The maximum Gasteiger partial charge on any atom is 0.291 e. The van der Waals surface area contributed by atoms with Crippen LogP contribution in [0.2, 0.25) is 0 Å². The number of nitrogens with one attached hydrogen (secondary N) is 2. The van der Waals surface area contributed by atoms with E-state index in [1.807, 2.05) is 0 Å². The maximum absolute atomic E-state index is 11.0.